The van der Waals surface area contributed by atoms with Crippen LogP contribution in [-0.2, 0) is 13.0 Å². The Morgan fingerprint density at radius 1 is 1.22 bits per heavy atom. The van der Waals surface area contributed by atoms with Crippen LogP contribution in [0, 0.1) is 24.2 Å². The summed E-state index contributed by atoms with van der Waals surface area (Å²) in [7, 11) is 0. The van der Waals surface area contributed by atoms with Gasteiger partial charge in [0.1, 0.15) is 0 Å². The van der Waals surface area contributed by atoms with Gasteiger partial charge < -0.3 is 0 Å². The average Bonchev–Trinajstić information content (AvgIpc) is 2.56. The summed E-state index contributed by atoms with van der Waals surface area (Å²) in [6.45, 7) is 17.1. The van der Waals surface area contributed by atoms with Gasteiger partial charge in [0.2, 0.25) is 0 Å². The topological polar surface area (TPSA) is 17.8 Å². The Bertz CT molecular complexity index is 369. The first kappa shape index (κ1) is 15.3. The van der Waals surface area contributed by atoms with E-state index in [-0.39, 0.29) is 0 Å². The van der Waals surface area contributed by atoms with Crippen molar-refractivity contribution < 1.29 is 0 Å². The van der Waals surface area contributed by atoms with Crippen LogP contribution < -0.4 is 0 Å². The summed E-state index contributed by atoms with van der Waals surface area (Å²) in [5.41, 5.74) is 3.14. The first-order valence-corrected chi connectivity index (χ1v) is 7.23. The van der Waals surface area contributed by atoms with Gasteiger partial charge in [-0.1, -0.05) is 41.5 Å². The zero-order chi connectivity index (χ0) is 13.9. The highest BCUT2D eigenvalue weighted by molar-refractivity contribution is 5.17. The van der Waals surface area contributed by atoms with Crippen molar-refractivity contribution in [3.05, 3.63) is 17.5 Å². The third-order valence-electron chi connectivity index (χ3n) is 4.13. The minimum atomic E-state index is 0.368. The van der Waals surface area contributed by atoms with Gasteiger partial charge in [-0.05, 0) is 42.6 Å². The van der Waals surface area contributed by atoms with Gasteiger partial charge in [0, 0.05) is 12.2 Å². The van der Waals surface area contributed by atoms with Gasteiger partial charge in [-0.15, -0.1) is 0 Å². The van der Waals surface area contributed by atoms with Crippen molar-refractivity contribution in [2.45, 2.75) is 67.9 Å². The van der Waals surface area contributed by atoms with Gasteiger partial charge in [-0.3, -0.25) is 4.68 Å². The van der Waals surface area contributed by atoms with Crippen molar-refractivity contribution in [1.82, 2.24) is 9.78 Å². The Balaban J connectivity index is 2.69. The molecule has 0 amide bonds. The number of hydrogen-bond acceptors (Lipinski definition) is 1. The van der Waals surface area contributed by atoms with E-state index in [0.29, 0.717) is 11.3 Å². The van der Waals surface area contributed by atoms with Crippen LogP contribution in [0.2, 0.25) is 0 Å². The molecule has 0 aliphatic heterocycles. The van der Waals surface area contributed by atoms with E-state index in [9.17, 15) is 0 Å². The van der Waals surface area contributed by atoms with E-state index in [4.69, 9.17) is 0 Å². The zero-order valence-electron chi connectivity index (χ0n) is 13.2. The summed E-state index contributed by atoms with van der Waals surface area (Å²) in [6, 6.07) is 0. The molecule has 0 saturated carbocycles. The summed E-state index contributed by atoms with van der Waals surface area (Å²) < 4.78 is 2.17. The van der Waals surface area contributed by atoms with Crippen molar-refractivity contribution in [3.63, 3.8) is 0 Å². The minimum Gasteiger partial charge on any atom is -0.270 e. The number of aryl methyl sites for hydroxylation is 1. The SMILES string of the molecule is Cc1c(CC(C)C(C)(C)C)cnn1CCC(C)C. The van der Waals surface area contributed by atoms with E-state index in [2.05, 4.69) is 64.4 Å². The van der Waals surface area contributed by atoms with Gasteiger partial charge in [0.05, 0.1) is 6.20 Å². The van der Waals surface area contributed by atoms with Gasteiger partial charge in [-0.25, -0.2) is 0 Å². The van der Waals surface area contributed by atoms with Crippen molar-refractivity contribution in [1.29, 1.82) is 0 Å². The predicted molar refractivity (Wildman–Crippen MR) is 78.7 cm³/mol. The molecule has 0 aliphatic carbocycles. The van der Waals surface area contributed by atoms with Crippen LogP contribution in [0.15, 0.2) is 6.20 Å². The van der Waals surface area contributed by atoms with Crippen LogP contribution in [0.5, 0.6) is 0 Å². The first-order valence-electron chi connectivity index (χ1n) is 7.23. The molecule has 2 nitrogen and oxygen atoms in total. The molecule has 0 aromatic carbocycles. The third kappa shape index (κ3) is 4.15. The Morgan fingerprint density at radius 2 is 1.83 bits per heavy atom. The van der Waals surface area contributed by atoms with Crippen molar-refractivity contribution in [2.24, 2.45) is 17.3 Å². The maximum absolute atomic E-state index is 4.54. The second-order valence-electron chi connectivity index (χ2n) is 7.13. The minimum absolute atomic E-state index is 0.368. The standard InChI is InChI=1S/C16H30N2/c1-12(2)8-9-18-14(4)15(11-17-18)10-13(3)16(5,6)7/h11-13H,8-10H2,1-7H3. The van der Waals surface area contributed by atoms with Crippen molar-refractivity contribution in [3.8, 4) is 0 Å². The lowest BCUT2D eigenvalue weighted by molar-refractivity contribution is 0.260. The molecule has 18 heavy (non-hydrogen) atoms. The Morgan fingerprint density at radius 3 is 2.33 bits per heavy atom. The molecule has 0 radical (unpaired) electrons. The predicted octanol–water partition coefficient (Wildman–Crippen LogP) is 4.46. The normalized spacial score (nSPS) is 14.2. The fourth-order valence-corrected chi connectivity index (χ4v) is 1.93. The fraction of sp³-hybridized carbons (Fsp3) is 0.812. The summed E-state index contributed by atoms with van der Waals surface area (Å²) in [6.07, 6.45) is 4.41. The van der Waals surface area contributed by atoms with E-state index >= 15 is 0 Å². The Labute approximate surface area is 113 Å². The quantitative estimate of drug-likeness (QED) is 0.754. The van der Waals surface area contributed by atoms with Crippen LogP contribution in [0.1, 0.15) is 59.2 Å². The largest absolute Gasteiger partial charge is 0.270 e. The van der Waals surface area contributed by atoms with E-state index in [1.54, 1.807) is 0 Å². The van der Waals surface area contributed by atoms with Gasteiger partial charge >= 0.3 is 0 Å². The highest BCUT2D eigenvalue weighted by Gasteiger charge is 2.21. The fourth-order valence-electron chi connectivity index (χ4n) is 1.93. The van der Waals surface area contributed by atoms with E-state index in [1.807, 2.05) is 0 Å². The van der Waals surface area contributed by atoms with Crippen LogP contribution >= 0.6 is 0 Å². The summed E-state index contributed by atoms with van der Waals surface area (Å²) in [4.78, 5) is 0. The first-order chi connectivity index (χ1) is 8.21. The van der Waals surface area contributed by atoms with Crippen molar-refractivity contribution in [2.75, 3.05) is 0 Å². The molecule has 1 unspecified atom stereocenters. The molecule has 1 atom stereocenters. The highest BCUT2D eigenvalue weighted by Crippen LogP contribution is 2.29. The van der Waals surface area contributed by atoms with E-state index in [0.717, 1.165) is 18.9 Å². The number of aromatic nitrogens is 2. The van der Waals surface area contributed by atoms with Crippen LogP contribution in [0.4, 0.5) is 0 Å². The van der Waals surface area contributed by atoms with Gasteiger partial charge in [0.15, 0.2) is 0 Å². The molecule has 0 aliphatic rings. The lowest BCUT2D eigenvalue weighted by atomic mass is 9.79. The molecule has 2 heteroatoms. The van der Waals surface area contributed by atoms with Gasteiger partial charge in [0.25, 0.3) is 0 Å². The molecule has 1 aromatic rings. The van der Waals surface area contributed by atoms with E-state index in [1.165, 1.54) is 17.7 Å². The lowest BCUT2D eigenvalue weighted by Gasteiger charge is -2.27. The van der Waals surface area contributed by atoms with Crippen LogP contribution in [-0.4, -0.2) is 9.78 Å². The summed E-state index contributed by atoms with van der Waals surface area (Å²) >= 11 is 0. The maximum Gasteiger partial charge on any atom is 0.0524 e. The van der Waals surface area contributed by atoms with Gasteiger partial charge in [-0.2, -0.15) is 5.10 Å². The second-order valence-corrected chi connectivity index (χ2v) is 7.13. The summed E-state index contributed by atoms with van der Waals surface area (Å²) in [5, 5.41) is 4.54. The third-order valence-corrected chi connectivity index (χ3v) is 4.13. The number of hydrogen-bond donors (Lipinski definition) is 0. The number of rotatable bonds is 5. The smallest absolute Gasteiger partial charge is 0.0524 e. The van der Waals surface area contributed by atoms with Crippen LogP contribution in [0.25, 0.3) is 0 Å². The molecule has 1 rings (SSSR count). The Hall–Kier alpha value is -0.790. The molecule has 0 N–H and O–H groups in total. The summed E-state index contributed by atoms with van der Waals surface area (Å²) in [5.74, 6) is 1.42. The second kappa shape index (κ2) is 5.90. The Kier molecular flexibility index (Phi) is 5.01. The molecule has 1 aromatic heterocycles. The molecular formula is C16H30N2. The molecule has 104 valence electrons. The maximum atomic E-state index is 4.54. The van der Waals surface area contributed by atoms with Crippen LogP contribution in [0.3, 0.4) is 0 Å². The molecule has 0 fully saturated rings. The van der Waals surface area contributed by atoms with Crippen molar-refractivity contribution >= 4 is 0 Å². The van der Waals surface area contributed by atoms with E-state index < -0.39 is 0 Å². The number of nitrogens with zero attached hydrogens (tertiary/aromatic N) is 2. The monoisotopic (exact) mass is 250 g/mol. The molecule has 1 heterocycles. The lowest BCUT2D eigenvalue weighted by Crippen LogP contribution is -2.19. The average molecular weight is 250 g/mol. The zero-order valence-corrected chi connectivity index (χ0v) is 13.2. The highest BCUT2D eigenvalue weighted by atomic mass is 15.3. The molecular weight excluding hydrogens is 220 g/mol. The molecule has 0 bridgehead atoms. The molecule has 0 saturated heterocycles. The molecule has 0 spiro atoms.